The Morgan fingerprint density at radius 1 is 1.09 bits per heavy atom. The maximum absolute atomic E-state index is 6.37. The van der Waals surface area contributed by atoms with E-state index >= 15 is 0 Å². The topological polar surface area (TPSA) is 15.6 Å². The number of alkyl halides is 1. The van der Waals surface area contributed by atoms with Crippen molar-refractivity contribution < 1.29 is 0 Å². The van der Waals surface area contributed by atoms with Crippen LogP contribution in [0.1, 0.15) is 11.1 Å². The third-order valence-corrected chi connectivity index (χ3v) is 4.51. The van der Waals surface area contributed by atoms with Crippen molar-refractivity contribution in [1.29, 1.82) is 0 Å². The van der Waals surface area contributed by atoms with Crippen LogP contribution >= 0.6 is 47.2 Å². The first-order valence-electron chi connectivity index (χ1n) is 7.00. The maximum atomic E-state index is 6.37. The molecule has 0 saturated carbocycles. The molecular weight excluding hydrogens is 374 g/mol. The highest BCUT2D eigenvalue weighted by molar-refractivity contribution is 6.36. The molecule has 0 aliphatic carbocycles. The van der Waals surface area contributed by atoms with Gasteiger partial charge in [-0.25, -0.2) is 0 Å². The van der Waals surface area contributed by atoms with Gasteiger partial charge < -0.3 is 4.90 Å². The van der Waals surface area contributed by atoms with E-state index in [0.717, 1.165) is 29.1 Å². The summed E-state index contributed by atoms with van der Waals surface area (Å²) < 4.78 is 0. The van der Waals surface area contributed by atoms with Gasteiger partial charge in [-0.1, -0.05) is 41.4 Å². The highest BCUT2D eigenvalue weighted by Crippen LogP contribution is 2.30. The predicted molar refractivity (Wildman–Crippen MR) is 104 cm³/mol. The van der Waals surface area contributed by atoms with Gasteiger partial charge in [0.1, 0.15) is 0 Å². The number of anilines is 1. The number of fused-ring (bicyclic) bond motifs is 1. The molecule has 0 aromatic heterocycles. The number of aliphatic imine (C=N–C) groups is 1. The summed E-state index contributed by atoms with van der Waals surface area (Å²) >= 11 is 18.9. The van der Waals surface area contributed by atoms with Crippen LogP contribution in [0.5, 0.6) is 0 Å². The number of rotatable bonds is 1. The number of benzene rings is 2. The molecule has 0 amide bonds. The Morgan fingerprint density at radius 3 is 2.57 bits per heavy atom. The van der Waals surface area contributed by atoms with Crippen molar-refractivity contribution in [3.8, 4) is 0 Å². The fourth-order valence-electron chi connectivity index (χ4n) is 2.64. The molecule has 3 rings (SSSR count). The van der Waals surface area contributed by atoms with E-state index in [4.69, 9.17) is 39.8 Å². The smallest absolute Gasteiger partial charge is 0.0755 e. The Labute approximate surface area is 157 Å². The lowest BCUT2D eigenvalue weighted by atomic mass is 9.99. The Bertz CT molecular complexity index is 730. The van der Waals surface area contributed by atoms with Crippen molar-refractivity contribution in [2.24, 2.45) is 4.99 Å². The average Bonchev–Trinajstić information content (AvgIpc) is 2.48. The van der Waals surface area contributed by atoms with E-state index in [2.05, 4.69) is 4.90 Å². The van der Waals surface area contributed by atoms with Crippen LogP contribution in [0.4, 0.5) is 5.69 Å². The van der Waals surface area contributed by atoms with Gasteiger partial charge in [-0.2, -0.15) is 0 Å². The summed E-state index contributed by atoms with van der Waals surface area (Å²) in [4.78, 5) is 6.86. The quantitative estimate of drug-likeness (QED) is 0.603. The zero-order chi connectivity index (χ0) is 15.7. The average molecular weight is 390 g/mol. The van der Waals surface area contributed by atoms with Gasteiger partial charge in [0.2, 0.25) is 0 Å². The van der Waals surface area contributed by atoms with Crippen LogP contribution in [0, 0.1) is 0 Å². The molecule has 0 saturated heterocycles. The van der Waals surface area contributed by atoms with E-state index in [1.165, 1.54) is 0 Å². The molecule has 2 nitrogen and oxygen atoms in total. The molecule has 1 aliphatic rings. The standard InChI is InChI=1S/C17H15Cl3N2.ClH/c1-22-10-12(19)9-21-17(13-4-2-3-5-15(13)20)14-8-11(18)6-7-16(14)22;/h2-8,12H,9-10H2,1H3;1H/b21-17-;. The third-order valence-electron chi connectivity index (χ3n) is 3.67. The fraction of sp³-hybridized carbons (Fsp3) is 0.235. The van der Waals surface area contributed by atoms with Crippen molar-refractivity contribution in [1.82, 2.24) is 0 Å². The SMILES string of the molecule is CN1CC(Cl)C/N=C(/c2ccccc2Cl)c2cc(Cl)ccc21.Cl. The van der Waals surface area contributed by atoms with E-state index < -0.39 is 0 Å². The first-order valence-corrected chi connectivity index (χ1v) is 8.20. The minimum Gasteiger partial charge on any atom is -0.372 e. The van der Waals surface area contributed by atoms with Gasteiger partial charge in [-0.05, 0) is 24.3 Å². The number of nitrogens with zero attached hydrogens (tertiary/aromatic N) is 2. The summed E-state index contributed by atoms with van der Waals surface area (Å²) in [6.45, 7) is 1.27. The van der Waals surface area contributed by atoms with Crippen LogP contribution in [0.15, 0.2) is 47.5 Å². The molecule has 6 heteroatoms. The van der Waals surface area contributed by atoms with Crippen LogP contribution in [0.3, 0.4) is 0 Å². The summed E-state index contributed by atoms with van der Waals surface area (Å²) in [6.07, 6.45) is 0. The van der Waals surface area contributed by atoms with Gasteiger partial charge in [0.05, 0.1) is 17.6 Å². The molecule has 2 aromatic carbocycles. The second-order valence-corrected chi connectivity index (χ2v) is 6.77. The van der Waals surface area contributed by atoms with Crippen LogP contribution in [-0.2, 0) is 0 Å². The molecule has 23 heavy (non-hydrogen) atoms. The van der Waals surface area contributed by atoms with Gasteiger partial charge >= 0.3 is 0 Å². The van der Waals surface area contributed by atoms with Gasteiger partial charge in [0.25, 0.3) is 0 Å². The molecule has 122 valence electrons. The highest BCUT2D eigenvalue weighted by Gasteiger charge is 2.21. The lowest BCUT2D eigenvalue weighted by molar-refractivity contribution is 0.798. The molecule has 0 radical (unpaired) electrons. The summed E-state index contributed by atoms with van der Waals surface area (Å²) in [5, 5.41) is 1.29. The van der Waals surface area contributed by atoms with Crippen LogP contribution in [-0.4, -0.2) is 31.2 Å². The molecule has 2 aromatic rings. The van der Waals surface area contributed by atoms with Crippen molar-refractivity contribution in [3.05, 3.63) is 63.6 Å². The van der Waals surface area contributed by atoms with Gasteiger partial charge in [-0.15, -0.1) is 24.0 Å². The summed E-state index contributed by atoms with van der Waals surface area (Å²) in [5.41, 5.74) is 3.76. The maximum Gasteiger partial charge on any atom is 0.0755 e. The van der Waals surface area contributed by atoms with E-state index in [-0.39, 0.29) is 17.8 Å². The van der Waals surface area contributed by atoms with Crippen molar-refractivity contribution in [3.63, 3.8) is 0 Å². The largest absolute Gasteiger partial charge is 0.372 e. The second-order valence-electron chi connectivity index (χ2n) is 5.31. The van der Waals surface area contributed by atoms with E-state index in [1.807, 2.05) is 49.5 Å². The Morgan fingerprint density at radius 2 is 1.83 bits per heavy atom. The predicted octanol–water partition coefficient (Wildman–Crippen LogP) is 5.31. The molecule has 1 atom stereocenters. The number of hydrogen-bond acceptors (Lipinski definition) is 2. The van der Waals surface area contributed by atoms with E-state index in [0.29, 0.717) is 16.6 Å². The van der Waals surface area contributed by atoms with Crippen LogP contribution < -0.4 is 4.90 Å². The summed E-state index contributed by atoms with van der Waals surface area (Å²) in [5.74, 6) is 0. The fourth-order valence-corrected chi connectivity index (χ4v) is 3.32. The Kier molecular flexibility index (Phi) is 6.21. The monoisotopic (exact) mass is 388 g/mol. The first-order chi connectivity index (χ1) is 10.6. The molecule has 0 N–H and O–H groups in total. The summed E-state index contributed by atoms with van der Waals surface area (Å²) in [6, 6.07) is 13.5. The molecule has 1 heterocycles. The molecule has 0 fully saturated rings. The second kappa shape index (κ2) is 7.76. The van der Waals surface area contributed by atoms with Crippen molar-refractivity contribution in [2.45, 2.75) is 5.38 Å². The number of hydrogen-bond donors (Lipinski definition) is 0. The zero-order valence-corrected chi connectivity index (χ0v) is 15.6. The van der Waals surface area contributed by atoms with Gasteiger partial charge in [0.15, 0.2) is 0 Å². The molecule has 1 unspecified atom stereocenters. The minimum atomic E-state index is -0.0497. The van der Waals surface area contributed by atoms with Crippen LogP contribution in [0.2, 0.25) is 10.0 Å². The van der Waals surface area contributed by atoms with Crippen LogP contribution in [0.25, 0.3) is 0 Å². The highest BCUT2D eigenvalue weighted by atomic mass is 35.5. The van der Waals surface area contributed by atoms with Crippen molar-refractivity contribution in [2.75, 3.05) is 25.0 Å². The lowest BCUT2D eigenvalue weighted by Crippen LogP contribution is -2.31. The first kappa shape index (κ1) is 18.4. The van der Waals surface area contributed by atoms with Gasteiger partial charge in [-0.3, -0.25) is 4.99 Å². The molecular formula is C17H16Cl4N2. The Balaban J connectivity index is 0.00000192. The third kappa shape index (κ3) is 3.95. The Hall–Kier alpha value is -0.930. The lowest BCUT2D eigenvalue weighted by Gasteiger charge is -2.28. The van der Waals surface area contributed by atoms with Gasteiger partial charge in [0, 0.05) is 40.5 Å². The summed E-state index contributed by atoms with van der Waals surface area (Å²) in [7, 11) is 2.03. The molecule has 0 spiro atoms. The zero-order valence-electron chi connectivity index (χ0n) is 12.5. The minimum absolute atomic E-state index is 0. The van der Waals surface area contributed by atoms with E-state index in [9.17, 15) is 0 Å². The normalized spacial score (nSPS) is 19.7. The number of halogens is 4. The molecule has 0 bridgehead atoms. The van der Waals surface area contributed by atoms with Crippen molar-refractivity contribution >= 4 is 58.6 Å². The molecule has 1 aliphatic heterocycles. The van der Waals surface area contributed by atoms with E-state index in [1.54, 1.807) is 0 Å².